The summed E-state index contributed by atoms with van der Waals surface area (Å²) >= 11 is 0. The average molecular weight is 409 g/mol. The first-order valence-electron chi connectivity index (χ1n) is 9.33. The zero-order chi connectivity index (χ0) is 21.3. The molecule has 2 heterocycles. The maximum absolute atomic E-state index is 11.9. The van der Waals surface area contributed by atoms with Gasteiger partial charge in [-0.2, -0.15) is 10.1 Å². The van der Waals surface area contributed by atoms with Crippen molar-refractivity contribution in [1.29, 1.82) is 0 Å². The van der Waals surface area contributed by atoms with E-state index >= 15 is 0 Å². The molecule has 1 amide bonds. The lowest BCUT2D eigenvalue weighted by Gasteiger charge is -2.11. The minimum Gasteiger partial charge on any atom is -0.497 e. The van der Waals surface area contributed by atoms with Gasteiger partial charge in [0.25, 0.3) is 5.56 Å². The van der Waals surface area contributed by atoms with Crippen molar-refractivity contribution in [3.63, 3.8) is 0 Å². The van der Waals surface area contributed by atoms with Crippen molar-refractivity contribution >= 4 is 23.4 Å². The molecule has 156 valence electrons. The molecule has 0 spiro atoms. The quantitative estimate of drug-likeness (QED) is 0.452. The Bertz CT molecular complexity index is 1050. The molecule has 0 unspecified atom stereocenters. The predicted molar refractivity (Wildman–Crippen MR) is 113 cm³/mol. The number of ether oxygens (including phenoxy) is 1. The lowest BCUT2D eigenvalue weighted by molar-refractivity contribution is -0.121. The molecule has 1 aromatic carbocycles. The number of carbonyl (C=O) groups excluding carboxylic acids is 1. The highest BCUT2D eigenvalue weighted by Gasteiger charge is 2.06. The highest BCUT2D eigenvalue weighted by Crippen LogP contribution is 2.19. The van der Waals surface area contributed by atoms with E-state index in [9.17, 15) is 9.59 Å². The number of hydrogen-bond donors (Lipinski definition) is 3. The Kier molecular flexibility index (Phi) is 6.93. The van der Waals surface area contributed by atoms with Crippen molar-refractivity contribution in [3.05, 3.63) is 64.7 Å². The third-order valence-electron chi connectivity index (χ3n) is 4.03. The van der Waals surface area contributed by atoms with Crippen molar-refractivity contribution in [1.82, 2.24) is 25.1 Å². The summed E-state index contributed by atoms with van der Waals surface area (Å²) in [6.07, 6.45) is 1.46. The van der Waals surface area contributed by atoms with Gasteiger partial charge >= 0.3 is 0 Å². The van der Waals surface area contributed by atoms with Gasteiger partial charge in [0.1, 0.15) is 18.1 Å². The molecule has 2 aromatic heterocycles. The number of benzene rings is 1. The minimum absolute atomic E-state index is 0.128. The summed E-state index contributed by atoms with van der Waals surface area (Å²) in [6, 6.07) is 12.2. The SMILES string of the molecule is COc1ccc(Nc2cc(C)nc(NCCNC(=O)Cn3ncccc3=O)n2)cc1. The third-order valence-corrected chi connectivity index (χ3v) is 4.03. The number of aryl methyl sites for hydroxylation is 1. The highest BCUT2D eigenvalue weighted by atomic mass is 16.5. The number of aromatic nitrogens is 4. The van der Waals surface area contributed by atoms with Crippen LogP contribution in [0, 0.1) is 6.92 Å². The van der Waals surface area contributed by atoms with Crippen LogP contribution in [0.3, 0.4) is 0 Å². The lowest BCUT2D eigenvalue weighted by atomic mass is 10.3. The molecule has 0 saturated heterocycles. The van der Waals surface area contributed by atoms with Gasteiger partial charge in [0.15, 0.2) is 0 Å². The summed E-state index contributed by atoms with van der Waals surface area (Å²) in [7, 11) is 1.62. The first-order chi connectivity index (χ1) is 14.5. The van der Waals surface area contributed by atoms with E-state index in [1.807, 2.05) is 37.3 Å². The Morgan fingerprint density at radius 2 is 1.93 bits per heavy atom. The number of nitrogens with zero attached hydrogens (tertiary/aromatic N) is 4. The summed E-state index contributed by atoms with van der Waals surface area (Å²) < 4.78 is 6.26. The van der Waals surface area contributed by atoms with Crippen LogP contribution >= 0.6 is 0 Å². The van der Waals surface area contributed by atoms with Crippen molar-refractivity contribution < 1.29 is 9.53 Å². The van der Waals surface area contributed by atoms with Crippen LogP contribution in [0.2, 0.25) is 0 Å². The van der Waals surface area contributed by atoms with E-state index in [0.717, 1.165) is 21.8 Å². The lowest BCUT2D eigenvalue weighted by Crippen LogP contribution is -2.35. The van der Waals surface area contributed by atoms with Crippen LogP contribution in [0.25, 0.3) is 0 Å². The van der Waals surface area contributed by atoms with E-state index in [4.69, 9.17) is 4.74 Å². The molecule has 0 bridgehead atoms. The van der Waals surface area contributed by atoms with Crippen LogP contribution in [-0.2, 0) is 11.3 Å². The van der Waals surface area contributed by atoms with Crippen molar-refractivity contribution in [3.8, 4) is 5.75 Å². The van der Waals surface area contributed by atoms with Crippen molar-refractivity contribution in [2.75, 3.05) is 30.8 Å². The van der Waals surface area contributed by atoms with Gasteiger partial charge in [-0.05, 0) is 37.3 Å². The number of carbonyl (C=O) groups is 1. The number of rotatable bonds is 9. The second-order valence-electron chi connectivity index (χ2n) is 6.37. The summed E-state index contributed by atoms with van der Waals surface area (Å²) in [6.45, 7) is 2.52. The van der Waals surface area contributed by atoms with Gasteiger partial charge in [0, 0.05) is 42.8 Å². The number of methoxy groups -OCH3 is 1. The largest absolute Gasteiger partial charge is 0.497 e. The van der Waals surface area contributed by atoms with Crippen LogP contribution in [0.5, 0.6) is 5.75 Å². The van der Waals surface area contributed by atoms with E-state index in [1.165, 1.54) is 18.3 Å². The van der Waals surface area contributed by atoms with E-state index in [-0.39, 0.29) is 18.0 Å². The maximum atomic E-state index is 11.9. The molecule has 30 heavy (non-hydrogen) atoms. The fraction of sp³-hybridized carbons (Fsp3) is 0.250. The Balaban J connectivity index is 1.49. The first-order valence-corrected chi connectivity index (χ1v) is 9.33. The van der Waals surface area contributed by atoms with Gasteiger partial charge in [-0.25, -0.2) is 9.67 Å². The molecule has 0 fully saturated rings. The van der Waals surface area contributed by atoms with E-state index in [1.54, 1.807) is 7.11 Å². The van der Waals surface area contributed by atoms with Crippen LogP contribution in [0.4, 0.5) is 17.5 Å². The van der Waals surface area contributed by atoms with E-state index in [2.05, 4.69) is 31.0 Å². The number of nitrogens with one attached hydrogen (secondary N) is 3. The topological polar surface area (TPSA) is 123 Å². The van der Waals surface area contributed by atoms with Gasteiger partial charge in [-0.1, -0.05) is 0 Å². The molecule has 10 heteroatoms. The summed E-state index contributed by atoms with van der Waals surface area (Å²) in [5.74, 6) is 1.57. The Hall–Kier alpha value is -3.95. The standard InChI is InChI=1S/C20H23N7O3/c1-14-12-17(25-15-5-7-16(30-2)8-6-15)26-20(24-14)22-11-10-21-18(28)13-27-19(29)4-3-9-23-27/h3-9,12H,10-11,13H2,1-2H3,(H,21,28)(H2,22,24,25,26). The Labute approximate surface area is 173 Å². The van der Waals surface area contributed by atoms with E-state index in [0.29, 0.717) is 24.9 Å². The van der Waals surface area contributed by atoms with Crippen molar-refractivity contribution in [2.45, 2.75) is 13.5 Å². The fourth-order valence-electron chi connectivity index (χ4n) is 2.61. The zero-order valence-electron chi connectivity index (χ0n) is 16.8. The molecule has 10 nitrogen and oxygen atoms in total. The molecule has 3 aromatic rings. The summed E-state index contributed by atoms with van der Waals surface area (Å²) in [4.78, 5) is 32.3. The molecule has 0 aliphatic rings. The molecule has 0 saturated carbocycles. The third kappa shape index (κ3) is 6.03. The number of hydrogen-bond acceptors (Lipinski definition) is 8. The van der Waals surface area contributed by atoms with Gasteiger partial charge in [0.2, 0.25) is 11.9 Å². The predicted octanol–water partition coefficient (Wildman–Crippen LogP) is 1.32. The summed E-state index contributed by atoms with van der Waals surface area (Å²) in [5, 5.41) is 12.9. The minimum atomic E-state index is -0.323. The first kappa shape index (κ1) is 20.8. The Morgan fingerprint density at radius 1 is 1.13 bits per heavy atom. The van der Waals surface area contributed by atoms with Gasteiger partial charge in [0.05, 0.1) is 7.11 Å². The van der Waals surface area contributed by atoms with Crippen molar-refractivity contribution in [2.24, 2.45) is 0 Å². The second-order valence-corrected chi connectivity index (χ2v) is 6.37. The van der Waals surface area contributed by atoms with Gasteiger partial charge < -0.3 is 20.7 Å². The molecular weight excluding hydrogens is 386 g/mol. The van der Waals surface area contributed by atoms with Gasteiger partial charge in [-0.3, -0.25) is 9.59 Å². The van der Waals surface area contributed by atoms with Crippen LogP contribution in [0.15, 0.2) is 53.5 Å². The monoisotopic (exact) mass is 409 g/mol. The number of amides is 1. The molecule has 0 atom stereocenters. The molecule has 3 rings (SSSR count). The second kappa shape index (κ2) is 10.0. The zero-order valence-corrected chi connectivity index (χ0v) is 16.8. The highest BCUT2D eigenvalue weighted by molar-refractivity contribution is 5.75. The molecule has 3 N–H and O–H groups in total. The van der Waals surface area contributed by atoms with Crippen LogP contribution < -0.4 is 26.2 Å². The van der Waals surface area contributed by atoms with E-state index < -0.39 is 0 Å². The average Bonchev–Trinajstić information content (AvgIpc) is 2.73. The van der Waals surface area contributed by atoms with Crippen LogP contribution in [-0.4, -0.2) is 45.9 Å². The summed E-state index contributed by atoms with van der Waals surface area (Å²) in [5.41, 5.74) is 1.34. The molecule has 0 radical (unpaired) electrons. The fourth-order valence-corrected chi connectivity index (χ4v) is 2.61. The molecule has 0 aliphatic carbocycles. The Morgan fingerprint density at radius 3 is 2.67 bits per heavy atom. The van der Waals surface area contributed by atoms with Gasteiger partial charge in [-0.15, -0.1) is 0 Å². The molecule has 0 aliphatic heterocycles. The maximum Gasteiger partial charge on any atom is 0.267 e. The normalized spacial score (nSPS) is 10.3. The number of anilines is 3. The smallest absolute Gasteiger partial charge is 0.267 e. The van der Waals surface area contributed by atoms with Crippen LogP contribution in [0.1, 0.15) is 5.69 Å². The molecular formula is C20H23N7O3.